The third-order valence-corrected chi connectivity index (χ3v) is 0.553. The van der Waals surface area contributed by atoms with Crippen LogP contribution in [0, 0.1) is 10.1 Å². The molecule has 0 aliphatic rings. The first kappa shape index (κ1) is 19.2. The fourth-order valence-electron chi connectivity index (χ4n) is 0.214. The van der Waals surface area contributed by atoms with E-state index in [-0.39, 0.29) is 12.8 Å². The van der Waals surface area contributed by atoms with Crippen LogP contribution in [0.2, 0.25) is 0 Å². The molecule has 0 aliphatic carbocycles. The van der Waals surface area contributed by atoms with Gasteiger partial charge in [-0.1, -0.05) is 0 Å². The molecule has 0 spiro atoms. The van der Waals surface area contributed by atoms with Crippen molar-refractivity contribution >= 4 is 17.9 Å². The maximum Gasteiger partial charge on any atom is 0.303 e. The average molecular weight is 241 g/mol. The van der Waals surface area contributed by atoms with Gasteiger partial charge in [-0.15, -0.1) is 10.1 Å². The molecular formula is C6H11NO9. The third-order valence-electron chi connectivity index (χ3n) is 0.553. The standard InChI is InChI=1S/C4H6O4.C2H4O2.HNO3/c5-3(6)1-2-4(7)8;1-2(3)4;2-1(3)4/h1-2H2,(H,5,6)(H,7,8);1H3,(H,3,4);(H,2,3,4). The Kier molecular flexibility index (Phi) is 15.2. The zero-order chi connectivity index (χ0) is 13.7. The minimum Gasteiger partial charge on any atom is -0.481 e. The van der Waals surface area contributed by atoms with Gasteiger partial charge in [-0.05, 0) is 0 Å². The molecule has 0 rings (SSSR count). The first-order valence-corrected chi connectivity index (χ1v) is 3.56. The van der Waals surface area contributed by atoms with Gasteiger partial charge in [-0.3, -0.25) is 14.4 Å². The Hall–Kier alpha value is -2.39. The highest BCUT2D eigenvalue weighted by Crippen LogP contribution is 1.86. The van der Waals surface area contributed by atoms with Gasteiger partial charge in [-0.25, -0.2) is 0 Å². The van der Waals surface area contributed by atoms with Crippen LogP contribution in [0.3, 0.4) is 0 Å². The number of aliphatic carboxylic acids is 3. The van der Waals surface area contributed by atoms with Crippen LogP contribution in [0.1, 0.15) is 19.8 Å². The Balaban J connectivity index is -0.000000179. The van der Waals surface area contributed by atoms with Crippen LogP contribution in [0.5, 0.6) is 0 Å². The molecule has 0 radical (unpaired) electrons. The van der Waals surface area contributed by atoms with Crippen molar-refractivity contribution in [2.24, 2.45) is 0 Å². The number of nitrogens with zero attached hydrogens (tertiary/aromatic N) is 1. The molecule has 0 aromatic rings. The summed E-state index contributed by atoms with van der Waals surface area (Å²) in [7, 11) is 0. The minimum atomic E-state index is -1.50. The van der Waals surface area contributed by atoms with Crippen molar-refractivity contribution in [3.05, 3.63) is 10.1 Å². The van der Waals surface area contributed by atoms with Crippen LogP contribution in [0.4, 0.5) is 0 Å². The molecular weight excluding hydrogens is 230 g/mol. The molecule has 0 unspecified atom stereocenters. The SMILES string of the molecule is CC(=O)O.O=C(O)CCC(=O)O.O=[N+]([O-])O. The predicted octanol–water partition coefficient (Wildman–Crippen LogP) is -0.321. The summed E-state index contributed by atoms with van der Waals surface area (Å²) in [5, 5.41) is 36.9. The molecule has 4 N–H and O–H groups in total. The van der Waals surface area contributed by atoms with E-state index >= 15 is 0 Å². The van der Waals surface area contributed by atoms with Crippen molar-refractivity contribution in [1.29, 1.82) is 0 Å². The van der Waals surface area contributed by atoms with Crippen LogP contribution < -0.4 is 0 Å². The maximum absolute atomic E-state index is 9.64. The summed E-state index contributed by atoms with van der Waals surface area (Å²) in [6, 6.07) is 0. The summed E-state index contributed by atoms with van der Waals surface area (Å²) in [4.78, 5) is 36.6. The molecule has 0 fully saturated rings. The number of carbonyl (C=O) groups is 3. The van der Waals surface area contributed by atoms with E-state index in [1.807, 2.05) is 0 Å². The molecule has 16 heavy (non-hydrogen) atoms. The van der Waals surface area contributed by atoms with Crippen LogP contribution in [-0.4, -0.2) is 43.5 Å². The fourth-order valence-corrected chi connectivity index (χ4v) is 0.214. The van der Waals surface area contributed by atoms with Crippen LogP contribution in [0.15, 0.2) is 0 Å². The minimum absolute atomic E-state index is 0.296. The van der Waals surface area contributed by atoms with E-state index < -0.39 is 23.0 Å². The van der Waals surface area contributed by atoms with E-state index in [9.17, 15) is 9.59 Å². The molecule has 10 heteroatoms. The van der Waals surface area contributed by atoms with Crippen molar-refractivity contribution in [3.63, 3.8) is 0 Å². The van der Waals surface area contributed by atoms with Gasteiger partial charge < -0.3 is 20.5 Å². The first-order chi connectivity index (χ1) is 7.09. The zero-order valence-corrected chi connectivity index (χ0v) is 8.19. The Morgan fingerprint density at radius 1 is 1.06 bits per heavy atom. The summed E-state index contributed by atoms with van der Waals surface area (Å²) in [6.45, 7) is 1.08. The number of carboxylic acid groups (broad SMARTS) is 3. The van der Waals surface area contributed by atoms with E-state index in [0.29, 0.717) is 0 Å². The third kappa shape index (κ3) is 192. The number of hydrogen-bond donors (Lipinski definition) is 4. The molecule has 0 aromatic carbocycles. The normalized spacial score (nSPS) is 7.31. The van der Waals surface area contributed by atoms with Gasteiger partial charge in [0.05, 0.1) is 12.8 Å². The lowest BCUT2D eigenvalue weighted by molar-refractivity contribution is -0.742. The Bertz CT molecular complexity index is 214. The van der Waals surface area contributed by atoms with Gasteiger partial charge in [0.15, 0.2) is 0 Å². The lowest BCUT2D eigenvalue weighted by atomic mass is 10.3. The molecule has 0 heterocycles. The van der Waals surface area contributed by atoms with Gasteiger partial charge in [0.2, 0.25) is 0 Å². The molecule has 0 saturated carbocycles. The summed E-state index contributed by atoms with van der Waals surface area (Å²) >= 11 is 0. The van der Waals surface area contributed by atoms with Crippen molar-refractivity contribution in [3.8, 4) is 0 Å². The van der Waals surface area contributed by atoms with Crippen molar-refractivity contribution in [1.82, 2.24) is 0 Å². The van der Waals surface area contributed by atoms with Crippen LogP contribution in [0.25, 0.3) is 0 Å². The smallest absolute Gasteiger partial charge is 0.303 e. The van der Waals surface area contributed by atoms with Gasteiger partial charge in [-0.2, -0.15) is 0 Å². The molecule has 0 atom stereocenters. The molecule has 0 saturated heterocycles. The van der Waals surface area contributed by atoms with Crippen molar-refractivity contribution in [2.75, 3.05) is 0 Å². The average Bonchev–Trinajstić information content (AvgIpc) is 1.98. The number of carboxylic acids is 3. The summed E-state index contributed by atoms with van der Waals surface area (Å²) in [5.74, 6) is -2.99. The van der Waals surface area contributed by atoms with Gasteiger partial charge in [0, 0.05) is 6.92 Å². The Morgan fingerprint density at radius 2 is 1.19 bits per heavy atom. The summed E-state index contributed by atoms with van der Waals surface area (Å²) in [5.41, 5.74) is 0. The Labute approximate surface area is 88.8 Å². The van der Waals surface area contributed by atoms with Crippen LogP contribution >= 0.6 is 0 Å². The lowest BCUT2D eigenvalue weighted by Gasteiger charge is -1.85. The van der Waals surface area contributed by atoms with E-state index in [2.05, 4.69) is 0 Å². The van der Waals surface area contributed by atoms with E-state index in [1.54, 1.807) is 0 Å². The van der Waals surface area contributed by atoms with E-state index in [4.69, 9.17) is 35.4 Å². The van der Waals surface area contributed by atoms with Gasteiger partial charge in [0.1, 0.15) is 0 Å². The lowest BCUT2D eigenvalue weighted by Crippen LogP contribution is -2.00. The molecule has 0 amide bonds. The van der Waals surface area contributed by atoms with Gasteiger partial charge in [0.25, 0.3) is 11.1 Å². The molecule has 0 bridgehead atoms. The molecule has 0 aromatic heterocycles. The topological polar surface area (TPSA) is 175 Å². The summed E-state index contributed by atoms with van der Waals surface area (Å²) < 4.78 is 0. The quantitative estimate of drug-likeness (QED) is 0.380. The highest BCUT2D eigenvalue weighted by atomic mass is 16.9. The largest absolute Gasteiger partial charge is 0.481 e. The predicted molar refractivity (Wildman–Crippen MR) is 46.6 cm³/mol. The van der Waals surface area contributed by atoms with E-state index in [1.165, 1.54) is 0 Å². The molecule has 0 aliphatic heterocycles. The van der Waals surface area contributed by atoms with Crippen LogP contribution in [-0.2, 0) is 14.4 Å². The van der Waals surface area contributed by atoms with Crippen molar-refractivity contribution < 1.29 is 40.0 Å². The second-order valence-corrected chi connectivity index (χ2v) is 2.04. The second-order valence-electron chi connectivity index (χ2n) is 2.04. The highest BCUT2D eigenvalue weighted by molar-refractivity contribution is 5.75. The second kappa shape index (κ2) is 12.6. The number of rotatable bonds is 3. The molecule has 10 nitrogen and oxygen atoms in total. The van der Waals surface area contributed by atoms with E-state index in [0.717, 1.165) is 6.92 Å². The highest BCUT2D eigenvalue weighted by Gasteiger charge is 2.00. The monoisotopic (exact) mass is 241 g/mol. The first-order valence-electron chi connectivity index (χ1n) is 3.56. The Morgan fingerprint density at radius 3 is 1.25 bits per heavy atom. The molecule has 94 valence electrons. The maximum atomic E-state index is 9.64. The fraction of sp³-hybridized carbons (Fsp3) is 0.500. The number of hydrogen-bond acceptors (Lipinski definition) is 5. The van der Waals surface area contributed by atoms with Crippen molar-refractivity contribution in [2.45, 2.75) is 19.8 Å². The zero-order valence-electron chi connectivity index (χ0n) is 8.19. The van der Waals surface area contributed by atoms with Gasteiger partial charge >= 0.3 is 11.9 Å². The summed E-state index contributed by atoms with van der Waals surface area (Å²) in [6.07, 6.45) is -0.593.